The van der Waals surface area contributed by atoms with Crippen LogP contribution in [0.1, 0.15) is 27.2 Å². The average Bonchev–Trinajstić information content (AvgIpc) is 2.95. The molecule has 0 saturated carbocycles. The Morgan fingerprint density at radius 3 is 2.65 bits per heavy atom. The molecule has 128 valence electrons. The van der Waals surface area contributed by atoms with Crippen LogP contribution in [-0.4, -0.2) is 64.1 Å². The molecule has 0 aliphatic carbocycles. The minimum atomic E-state index is -2.13. The fourth-order valence-corrected chi connectivity index (χ4v) is 3.36. The third-order valence-electron chi connectivity index (χ3n) is 4.28. The minimum Gasteiger partial charge on any atom is -0.369 e. The van der Waals surface area contributed by atoms with E-state index in [-0.39, 0.29) is 30.9 Å². The molecule has 7 nitrogen and oxygen atoms in total. The lowest BCUT2D eigenvalue weighted by Crippen LogP contribution is -2.57. The minimum absolute atomic E-state index is 0.182. The van der Waals surface area contributed by atoms with Crippen molar-refractivity contribution in [3.63, 3.8) is 0 Å². The van der Waals surface area contributed by atoms with Crippen LogP contribution in [0, 0.1) is 24.2 Å². The quantitative estimate of drug-likeness (QED) is 0.459. The van der Waals surface area contributed by atoms with E-state index in [4.69, 9.17) is 11.2 Å². The first-order chi connectivity index (χ1) is 10.7. The highest BCUT2D eigenvalue weighted by atomic mass is 16.6. The molecule has 4 unspecified atom stereocenters. The van der Waals surface area contributed by atoms with E-state index in [1.807, 2.05) is 13.8 Å². The van der Waals surface area contributed by atoms with Crippen LogP contribution in [-0.2, 0) is 14.3 Å². The van der Waals surface area contributed by atoms with Gasteiger partial charge in [-0.05, 0) is 12.3 Å². The summed E-state index contributed by atoms with van der Waals surface area (Å²) in [4.78, 5) is 25.6. The van der Waals surface area contributed by atoms with Gasteiger partial charge in [-0.15, -0.1) is 6.42 Å². The summed E-state index contributed by atoms with van der Waals surface area (Å²) in [7, 11) is 0. The van der Waals surface area contributed by atoms with Crippen LogP contribution in [0.3, 0.4) is 0 Å². The second kappa shape index (κ2) is 6.48. The molecule has 2 fully saturated rings. The van der Waals surface area contributed by atoms with Gasteiger partial charge in [0.25, 0.3) is 0 Å². The molecule has 2 saturated heterocycles. The maximum absolute atomic E-state index is 12.9. The van der Waals surface area contributed by atoms with Gasteiger partial charge in [0.2, 0.25) is 17.6 Å². The lowest BCUT2D eigenvalue weighted by Gasteiger charge is -2.33. The average molecular weight is 324 g/mol. The molecule has 2 aliphatic heterocycles. The van der Waals surface area contributed by atoms with Crippen LogP contribution in [0.2, 0.25) is 0 Å². The lowest BCUT2D eigenvalue weighted by molar-refractivity contribution is -0.191. The van der Waals surface area contributed by atoms with Crippen molar-refractivity contribution in [2.24, 2.45) is 11.8 Å². The van der Waals surface area contributed by atoms with Gasteiger partial charge < -0.3 is 25.2 Å². The first-order valence-electron chi connectivity index (χ1n) is 7.77. The van der Waals surface area contributed by atoms with E-state index in [0.717, 1.165) is 0 Å². The van der Waals surface area contributed by atoms with Crippen LogP contribution in [0.5, 0.6) is 0 Å². The molecule has 0 bridgehead atoms. The first-order valence-corrected chi connectivity index (χ1v) is 7.77. The summed E-state index contributed by atoms with van der Waals surface area (Å²) in [6.45, 7) is 5.13. The Morgan fingerprint density at radius 2 is 2.13 bits per heavy atom. The third-order valence-corrected chi connectivity index (χ3v) is 4.28. The van der Waals surface area contributed by atoms with Gasteiger partial charge in [0.1, 0.15) is 18.7 Å². The summed E-state index contributed by atoms with van der Waals surface area (Å²) in [6, 6.07) is -1.64. The zero-order chi connectivity index (χ0) is 17.4. The van der Waals surface area contributed by atoms with E-state index in [9.17, 15) is 19.8 Å². The number of nitrogens with zero attached hydrogens (tertiary/aromatic N) is 1. The molecule has 0 spiro atoms. The number of hydrogen-bond donors (Lipinski definition) is 3. The molecule has 2 heterocycles. The van der Waals surface area contributed by atoms with E-state index >= 15 is 0 Å². The molecule has 0 aromatic carbocycles. The summed E-state index contributed by atoms with van der Waals surface area (Å²) in [5.41, 5.74) is 0. The molecule has 2 aliphatic rings. The van der Waals surface area contributed by atoms with Gasteiger partial charge in [-0.25, -0.2) is 0 Å². The zero-order valence-corrected chi connectivity index (χ0v) is 13.7. The van der Waals surface area contributed by atoms with Crippen molar-refractivity contribution in [2.45, 2.75) is 51.2 Å². The Labute approximate surface area is 136 Å². The van der Waals surface area contributed by atoms with Crippen LogP contribution >= 0.6 is 0 Å². The zero-order valence-electron chi connectivity index (χ0n) is 13.7. The molecule has 2 amide bonds. The van der Waals surface area contributed by atoms with Gasteiger partial charge in [0, 0.05) is 13.5 Å². The van der Waals surface area contributed by atoms with Crippen LogP contribution < -0.4 is 5.32 Å². The number of hydrogen-bond acceptors (Lipinski definition) is 5. The highest BCUT2D eigenvalue weighted by Crippen LogP contribution is 2.38. The predicted molar refractivity (Wildman–Crippen MR) is 81.8 cm³/mol. The molecule has 0 aromatic rings. The summed E-state index contributed by atoms with van der Waals surface area (Å²) in [5.74, 6) is -0.471. The van der Waals surface area contributed by atoms with Gasteiger partial charge in [-0.2, -0.15) is 0 Å². The molecule has 0 aromatic heterocycles. The number of nitrogens with one attached hydrogen (secondary N) is 1. The molecule has 7 heteroatoms. The van der Waals surface area contributed by atoms with Gasteiger partial charge >= 0.3 is 0 Å². The molecule has 4 atom stereocenters. The Morgan fingerprint density at radius 1 is 1.48 bits per heavy atom. The standard InChI is InChI=1S/C16H24N2O5/c1-5-11-7-18(14-13(11)23-8-16(14,21)22)15(20)12(6-9(2)3)17-10(4)19/h1,9,11-14,21-22H,6-8H2,2-4H3,(H,17,19). The topological polar surface area (TPSA) is 99.1 Å². The smallest absolute Gasteiger partial charge is 0.245 e. The maximum Gasteiger partial charge on any atom is 0.245 e. The van der Waals surface area contributed by atoms with E-state index < -0.39 is 29.9 Å². The number of ether oxygens (including phenoxy) is 1. The monoisotopic (exact) mass is 324 g/mol. The Bertz CT molecular complexity index is 525. The number of aliphatic hydroxyl groups is 2. The number of carbonyl (C=O) groups is 2. The fraction of sp³-hybridized carbons (Fsp3) is 0.750. The lowest BCUT2D eigenvalue weighted by atomic mass is 9.99. The Hall–Kier alpha value is -1.62. The molecular weight excluding hydrogens is 300 g/mol. The molecule has 2 rings (SSSR count). The summed E-state index contributed by atoms with van der Waals surface area (Å²) in [6.07, 6.45) is 5.33. The number of amides is 2. The van der Waals surface area contributed by atoms with Gasteiger partial charge in [0.15, 0.2) is 0 Å². The summed E-state index contributed by atoms with van der Waals surface area (Å²) in [5, 5.41) is 22.9. The summed E-state index contributed by atoms with van der Waals surface area (Å²) < 4.78 is 5.39. The number of likely N-dealkylation sites (tertiary alicyclic amines) is 1. The second-order valence-corrected chi connectivity index (χ2v) is 6.75. The van der Waals surface area contributed by atoms with E-state index in [2.05, 4.69) is 11.2 Å². The van der Waals surface area contributed by atoms with E-state index in [0.29, 0.717) is 6.42 Å². The highest BCUT2D eigenvalue weighted by Gasteiger charge is 2.59. The largest absolute Gasteiger partial charge is 0.369 e. The number of fused-ring (bicyclic) bond motifs is 1. The molecule has 0 radical (unpaired) electrons. The highest BCUT2D eigenvalue weighted by molar-refractivity contribution is 5.87. The van der Waals surface area contributed by atoms with Crippen molar-refractivity contribution in [1.82, 2.24) is 10.2 Å². The normalized spacial score (nSPS) is 30.0. The molecule has 3 N–H and O–H groups in total. The van der Waals surface area contributed by atoms with Crippen molar-refractivity contribution in [2.75, 3.05) is 13.2 Å². The first kappa shape index (κ1) is 17.7. The number of carbonyl (C=O) groups excluding carboxylic acids is 2. The van der Waals surface area contributed by atoms with Gasteiger partial charge in [-0.1, -0.05) is 19.8 Å². The maximum atomic E-state index is 12.9. The second-order valence-electron chi connectivity index (χ2n) is 6.75. The molecule has 23 heavy (non-hydrogen) atoms. The molecular formula is C16H24N2O5. The van der Waals surface area contributed by atoms with Crippen LogP contribution in [0.25, 0.3) is 0 Å². The fourth-order valence-electron chi connectivity index (χ4n) is 3.36. The number of rotatable bonds is 4. The van der Waals surface area contributed by atoms with Crippen LogP contribution in [0.4, 0.5) is 0 Å². The van der Waals surface area contributed by atoms with E-state index in [1.54, 1.807) is 0 Å². The number of terminal acetylenes is 1. The van der Waals surface area contributed by atoms with E-state index in [1.165, 1.54) is 11.8 Å². The van der Waals surface area contributed by atoms with Crippen molar-refractivity contribution in [3.8, 4) is 12.3 Å². The Balaban J connectivity index is 2.25. The van der Waals surface area contributed by atoms with Crippen molar-refractivity contribution in [3.05, 3.63) is 0 Å². The van der Waals surface area contributed by atoms with Crippen molar-refractivity contribution in [1.29, 1.82) is 0 Å². The predicted octanol–water partition coefficient (Wildman–Crippen LogP) is -0.923. The SMILES string of the molecule is C#CC1CN(C(=O)C(CC(C)C)NC(C)=O)C2C1OCC2(O)O. The Kier molecular flexibility index (Phi) is 4.99. The van der Waals surface area contributed by atoms with Gasteiger partial charge in [0.05, 0.1) is 12.0 Å². The van der Waals surface area contributed by atoms with Crippen molar-refractivity contribution >= 4 is 11.8 Å². The summed E-state index contributed by atoms with van der Waals surface area (Å²) >= 11 is 0. The third kappa shape index (κ3) is 3.50. The van der Waals surface area contributed by atoms with Crippen LogP contribution in [0.15, 0.2) is 0 Å². The van der Waals surface area contributed by atoms with Gasteiger partial charge in [-0.3, -0.25) is 9.59 Å². The van der Waals surface area contributed by atoms with Crippen molar-refractivity contribution < 1.29 is 24.5 Å².